The molecular formula is C14H17N3O2. The Hall–Kier alpha value is -1.77. The summed E-state index contributed by atoms with van der Waals surface area (Å²) >= 11 is 0. The van der Waals surface area contributed by atoms with Crippen LogP contribution in [0.1, 0.15) is 18.4 Å². The van der Waals surface area contributed by atoms with Gasteiger partial charge < -0.3 is 20.1 Å². The van der Waals surface area contributed by atoms with Crippen LogP contribution in [0.5, 0.6) is 0 Å². The lowest BCUT2D eigenvalue weighted by atomic mass is 10.0. The highest BCUT2D eigenvalue weighted by Crippen LogP contribution is 2.34. The Morgan fingerprint density at radius 2 is 1.89 bits per heavy atom. The van der Waals surface area contributed by atoms with Crippen molar-refractivity contribution in [2.24, 2.45) is 0 Å². The summed E-state index contributed by atoms with van der Waals surface area (Å²) in [5.41, 5.74) is 7.92. The number of nitrogens with zero attached hydrogens (tertiary/aromatic N) is 2. The predicted octanol–water partition coefficient (Wildman–Crippen LogP) is 1.48. The third kappa shape index (κ3) is 2.25. The van der Waals surface area contributed by atoms with E-state index in [2.05, 4.69) is 11.0 Å². The van der Waals surface area contributed by atoms with E-state index in [1.54, 1.807) is 6.07 Å². The smallest absolute Gasteiger partial charge is 0.171 e. The van der Waals surface area contributed by atoms with Crippen molar-refractivity contribution >= 4 is 11.4 Å². The van der Waals surface area contributed by atoms with Crippen molar-refractivity contribution in [2.75, 3.05) is 36.9 Å². The van der Waals surface area contributed by atoms with Crippen LogP contribution >= 0.6 is 0 Å². The number of nitrogens with two attached hydrogens (primary N) is 1. The highest BCUT2D eigenvalue weighted by molar-refractivity contribution is 5.64. The van der Waals surface area contributed by atoms with Crippen LogP contribution in [0.2, 0.25) is 0 Å². The highest BCUT2D eigenvalue weighted by atomic mass is 16.7. The van der Waals surface area contributed by atoms with Gasteiger partial charge in [-0.1, -0.05) is 0 Å². The van der Waals surface area contributed by atoms with Crippen LogP contribution in [0, 0.1) is 11.3 Å². The molecule has 1 aromatic rings. The highest BCUT2D eigenvalue weighted by Gasteiger charge is 2.40. The van der Waals surface area contributed by atoms with Crippen LogP contribution in [0.25, 0.3) is 0 Å². The van der Waals surface area contributed by atoms with Gasteiger partial charge >= 0.3 is 0 Å². The van der Waals surface area contributed by atoms with E-state index in [4.69, 9.17) is 15.2 Å². The molecule has 1 spiro atoms. The molecule has 100 valence electrons. The minimum Gasteiger partial charge on any atom is -0.399 e. The van der Waals surface area contributed by atoms with Crippen LogP contribution in [-0.2, 0) is 9.47 Å². The molecule has 5 nitrogen and oxygen atoms in total. The number of rotatable bonds is 1. The summed E-state index contributed by atoms with van der Waals surface area (Å²) in [4.78, 5) is 2.20. The Bertz CT molecular complexity index is 508. The Morgan fingerprint density at radius 3 is 2.53 bits per heavy atom. The lowest BCUT2D eigenvalue weighted by molar-refractivity contribution is -0.169. The van der Waals surface area contributed by atoms with Gasteiger partial charge in [0.15, 0.2) is 5.79 Å². The van der Waals surface area contributed by atoms with E-state index in [0.717, 1.165) is 31.6 Å². The van der Waals surface area contributed by atoms with Crippen LogP contribution < -0.4 is 10.6 Å². The molecule has 2 aliphatic rings. The number of piperidine rings is 1. The summed E-state index contributed by atoms with van der Waals surface area (Å²) in [5.74, 6) is -0.378. The zero-order chi connectivity index (χ0) is 13.3. The predicted molar refractivity (Wildman–Crippen MR) is 71.7 cm³/mol. The molecule has 0 bridgehead atoms. The maximum Gasteiger partial charge on any atom is 0.171 e. The van der Waals surface area contributed by atoms with Gasteiger partial charge in [0.25, 0.3) is 0 Å². The van der Waals surface area contributed by atoms with Crippen molar-refractivity contribution in [3.63, 3.8) is 0 Å². The molecule has 0 amide bonds. The molecule has 0 aliphatic carbocycles. The average molecular weight is 259 g/mol. The van der Waals surface area contributed by atoms with Gasteiger partial charge in [0.2, 0.25) is 0 Å². The number of anilines is 2. The second-order valence-electron chi connectivity index (χ2n) is 4.98. The maximum atomic E-state index is 9.20. The fraction of sp³-hybridized carbons (Fsp3) is 0.500. The summed E-state index contributed by atoms with van der Waals surface area (Å²) in [6.07, 6.45) is 1.67. The minimum atomic E-state index is -0.378. The number of ether oxygens (including phenoxy) is 2. The summed E-state index contributed by atoms with van der Waals surface area (Å²) in [6.45, 7) is 3.04. The Morgan fingerprint density at radius 1 is 1.21 bits per heavy atom. The zero-order valence-electron chi connectivity index (χ0n) is 10.8. The molecule has 19 heavy (non-hydrogen) atoms. The van der Waals surface area contributed by atoms with Crippen molar-refractivity contribution < 1.29 is 9.47 Å². The first kappa shape index (κ1) is 12.3. The van der Waals surface area contributed by atoms with Crippen molar-refractivity contribution in [3.8, 4) is 6.07 Å². The summed E-state index contributed by atoms with van der Waals surface area (Å²) < 4.78 is 11.4. The normalized spacial score (nSPS) is 21.5. The zero-order valence-corrected chi connectivity index (χ0v) is 10.8. The average Bonchev–Trinajstić information content (AvgIpc) is 2.88. The Kier molecular flexibility index (Phi) is 3.05. The van der Waals surface area contributed by atoms with E-state index in [9.17, 15) is 5.26 Å². The fourth-order valence-electron chi connectivity index (χ4n) is 2.79. The summed E-state index contributed by atoms with van der Waals surface area (Å²) in [6, 6.07) is 7.69. The van der Waals surface area contributed by atoms with Crippen LogP contribution in [-0.4, -0.2) is 32.1 Å². The molecule has 2 aliphatic heterocycles. The molecule has 3 rings (SSSR count). The number of nitriles is 1. The van der Waals surface area contributed by atoms with Gasteiger partial charge in [-0.2, -0.15) is 5.26 Å². The molecule has 1 aromatic carbocycles. The number of nitrogen functional groups attached to an aromatic ring is 1. The van der Waals surface area contributed by atoms with E-state index in [1.807, 2.05) is 12.1 Å². The quantitative estimate of drug-likeness (QED) is 0.773. The Labute approximate surface area is 112 Å². The van der Waals surface area contributed by atoms with Crippen molar-refractivity contribution in [1.82, 2.24) is 0 Å². The molecule has 2 heterocycles. The molecule has 0 atom stereocenters. The molecule has 2 saturated heterocycles. The molecule has 0 saturated carbocycles. The maximum absolute atomic E-state index is 9.20. The van der Waals surface area contributed by atoms with E-state index in [1.165, 1.54) is 0 Å². The summed E-state index contributed by atoms with van der Waals surface area (Å²) in [5, 5.41) is 9.20. The second-order valence-corrected chi connectivity index (χ2v) is 4.98. The number of hydrogen-bond acceptors (Lipinski definition) is 5. The second kappa shape index (κ2) is 4.72. The van der Waals surface area contributed by atoms with E-state index in [-0.39, 0.29) is 5.79 Å². The van der Waals surface area contributed by atoms with Crippen LogP contribution in [0.3, 0.4) is 0 Å². The third-order valence-electron chi connectivity index (χ3n) is 3.82. The minimum absolute atomic E-state index is 0.378. The van der Waals surface area contributed by atoms with Gasteiger partial charge in [0.05, 0.1) is 24.5 Å². The number of benzene rings is 1. The molecular weight excluding hydrogens is 242 g/mol. The molecule has 0 radical (unpaired) electrons. The summed E-state index contributed by atoms with van der Waals surface area (Å²) in [7, 11) is 0. The molecule has 0 unspecified atom stereocenters. The van der Waals surface area contributed by atoms with E-state index < -0.39 is 0 Å². The van der Waals surface area contributed by atoms with Gasteiger partial charge in [-0.25, -0.2) is 0 Å². The topological polar surface area (TPSA) is 71.5 Å². The third-order valence-corrected chi connectivity index (χ3v) is 3.82. The first-order chi connectivity index (χ1) is 9.22. The molecule has 2 fully saturated rings. The largest absolute Gasteiger partial charge is 0.399 e. The first-order valence-electron chi connectivity index (χ1n) is 6.55. The molecule has 5 heteroatoms. The van der Waals surface area contributed by atoms with Crippen LogP contribution in [0.15, 0.2) is 18.2 Å². The monoisotopic (exact) mass is 259 g/mol. The molecule has 2 N–H and O–H groups in total. The van der Waals surface area contributed by atoms with E-state index in [0.29, 0.717) is 24.5 Å². The number of hydrogen-bond donors (Lipinski definition) is 1. The van der Waals surface area contributed by atoms with Gasteiger partial charge in [0, 0.05) is 31.6 Å². The Balaban J connectivity index is 1.77. The molecule has 0 aromatic heterocycles. The van der Waals surface area contributed by atoms with E-state index >= 15 is 0 Å². The van der Waals surface area contributed by atoms with Crippen molar-refractivity contribution in [1.29, 1.82) is 5.26 Å². The van der Waals surface area contributed by atoms with Gasteiger partial charge in [-0.05, 0) is 18.2 Å². The lowest BCUT2D eigenvalue weighted by Crippen LogP contribution is -2.45. The first-order valence-corrected chi connectivity index (χ1v) is 6.55. The van der Waals surface area contributed by atoms with Gasteiger partial charge in [-0.3, -0.25) is 0 Å². The van der Waals surface area contributed by atoms with Gasteiger partial charge in [0.1, 0.15) is 6.07 Å². The standard InChI is InChI=1S/C14H17N3O2/c15-10-11-9-12(16)1-2-13(11)17-5-3-14(4-6-17)18-7-8-19-14/h1-2,9H,3-8,16H2. The lowest BCUT2D eigenvalue weighted by Gasteiger charge is -2.39. The van der Waals surface area contributed by atoms with Crippen molar-refractivity contribution in [3.05, 3.63) is 23.8 Å². The van der Waals surface area contributed by atoms with Crippen molar-refractivity contribution in [2.45, 2.75) is 18.6 Å². The van der Waals surface area contributed by atoms with Crippen LogP contribution in [0.4, 0.5) is 11.4 Å². The SMILES string of the molecule is N#Cc1cc(N)ccc1N1CCC2(CC1)OCCO2. The van der Waals surface area contributed by atoms with Gasteiger partial charge in [-0.15, -0.1) is 0 Å². The fourth-order valence-corrected chi connectivity index (χ4v) is 2.79.